The quantitative estimate of drug-likeness (QED) is 0.889. The van der Waals surface area contributed by atoms with Crippen LogP contribution in [-0.4, -0.2) is 47.9 Å². The van der Waals surface area contributed by atoms with Crippen LogP contribution in [0.15, 0.2) is 54.6 Å². The Hall–Kier alpha value is -2.17. The van der Waals surface area contributed by atoms with Crippen LogP contribution in [0.1, 0.15) is 34.3 Å². The van der Waals surface area contributed by atoms with E-state index in [-0.39, 0.29) is 5.91 Å². The minimum atomic E-state index is 0.181. The average Bonchev–Trinajstić information content (AvgIpc) is 3.02. The van der Waals surface area contributed by atoms with E-state index in [2.05, 4.69) is 34.1 Å². The van der Waals surface area contributed by atoms with Gasteiger partial charge in [0.05, 0.1) is 0 Å². The molecule has 4 nitrogen and oxygen atoms in total. The number of carbonyl (C=O) groups is 1. The SMILES string of the molecule is NCCc1ccc(CN2C[C@H]3CC[C@@H]2CN(C(=O)c2ccccc2)C3)cc1. The van der Waals surface area contributed by atoms with Crippen molar-refractivity contribution in [3.05, 3.63) is 71.3 Å². The van der Waals surface area contributed by atoms with Crippen LogP contribution < -0.4 is 5.73 Å². The van der Waals surface area contributed by atoms with E-state index < -0.39 is 0 Å². The molecule has 0 unspecified atom stereocenters. The number of amides is 1. The Bertz CT molecular complexity index is 759. The topological polar surface area (TPSA) is 49.6 Å². The normalized spacial score (nSPS) is 22.6. The van der Waals surface area contributed by atoms with E-state index in [0.29, 0.717) is 18.5 Å². The fourth-order valence-electron chi connectivity index (χ4n) is 4.51. The molecule has 4 heteroatoms. The van der Waals surface area contributed by atoms with Crippen LogP contribution in [-0.2, 0) is 13.0 Å². The highest BCUT2D eigenvalue weighted by Crippen LogP contribution is 2.30. The maximum absolute atomic E-state index is 12.9. The Morgan fingerprint density at radius 2 is 1.67 bits per heavy atom. The van der Waals surface area contributed by atoms with Crippen molar-refractivity contribution in [2.75, 3.05) is 26.2 Å². The maximum atomic E-state index is 12.9. The Balaban J connectivity index is 1.44. The van der Waals surface area contributed by atoms with Gasteiger partial charge in [-0.15, -0.1) is 0 Å². The van der Waals surface area contributed by atoms with Crippen LogP contribution in [0.4, 0.5) is 0 Å². The molecule has 3 saturated heterocycles. The number of carbonyl (C=O) groups excluding carboxylic acids is 1. The summed E-state index contributed by atoms with van der Waals surface area (Å²) in [5, 5.41) is 0. The van der Waals surface area contributed by atoms with E-state index in [9.17, 15) is 4.79 Å². The van der Waals surface area contributed by atoms with E-state index in [0.717, 1.165) is 38.2 Å². The third kappa shape index (κ3) is 4.23. The van der Waals surface area contributed by atoms with Gasteiger partial charge in [-0.2, -0.15) is 0 Å². The van der Waals surface area contributed by atoms with Crippen molar-refractivity contribution in [3.8, 4) is 0 Å². The monoisotopic (exact) mass is 363 g/mol. The van der Waals surface area contributed by atoms with Crippen LogP contribution in [0, 0.1) is 5.92 Å². The summed E-state index contributed by atoms with van der Waals surface area (Å²) >= 11 is 0. The summed E-state index contributed by atoms with van der Waals surface area (Å²) < 4.78 is 0. The lowest BCUT2D eigenvalue weighted by Crippen LogP contribution is -2.43. The number of benzene rings is 2. The van der Waals surface area contributed by atoms with Gasteiger partial charge >= 0.3 is 0 Å². The van der Waals surface area contributed by atoms with Gasteiger partial charge in [0.1, 0.15) is 0 Å². The molecule has 3 heterocycles. The highest BCUT2D eigenvalue weighted by molar-refractivity contribution is 5.94. The predicted octanol–water partition coefficient (Wildman–Crippen LogP) is 2.92. The highest BCUT2D eigenvalue weighted by Gasteiger charge is 2.36. The van der Waals surface area contributed by atoms with Gasteiger partial charge in [-0.1, -0.05) is 42.5 Å². The molecule has 2 bridgehead atoms. The molecule has 0 saturated carbocycles. The summed E-state index contributed by atoms with van der Waals surface area (Å²) in [5.74, 6) is 0.758. The van der Waals surface area contributed by atoms with Crippen LogP contribution in [0.2, 0.25) is 0 Å². The first-order valence-corrected chi connectivity index (χ1v) is 10.1. The molecule has 1 amide bonds. The van der Waals surface area contributed by atoms with Crippen molar-refractivity contribution < 1.29 is 4.79 Å². The second kappa shape index (κ2) is 8.24. The van der Waals surface area contributed by atoms with Gasteiger partial charge in [0, 0.05) is 37.8 Å². The van der Waals surface area contributed by atoms with Crippen LogP contribution >= 0.6 is 0 Å². The Kier molecular flexibility index (Phi) is 5.55. The van der Waals surface area contributed by atoms with Gasteiger partial charge in [0.25, 0.3) is 5.91 Å². The van der Waals surface area contributed by atoms with E-state index in [1.807, 2.05) is 30.3 Å². The molecular formula is C23H29N3O. The molecular weight excluding hydrogens is 334 g/mol. The molecule has 0 aliphatic carbocycles. The number of hydrogen-bond acceptors (Lipinski definition) is 3. The standard InChI is InChI=1S/C23H29N3O/c24-13-12-18-6-8-19(9-7-18)14-25-15-20-10-11-22(25)17-26(16-20)23(27)21-4-2-1-3-5-21/h1-9,20,22H,10-17,24H2/t20-,22-/m1/s1. The molecule has 3 aliphatic heterocycles. The Labute approximate surface area is 162 Å². The summed E-state index contributed by atoms with van der Waals surface area (Å²) in [6.07, 6.45) is 3.36. The Morgan fingerprint density at radius 3 is 2.41 bits per heavy atom. The fourth-order valence-corrected chi connectivity index (χ4v) is 4.51. The lowest BCUT2D eigenvalue weighted by molar-refractivity contribution is 0.0736. The fraction of sp³-hybridized carbons (Fsp3) is 0.435. The first-order valence-electron chi connectivity index (χ1n) is 10.1. The number of fused-ring (bicyclic) bond motifs is 4. The lowest BCUT2D eigenvalue weighted by Gasteiger charge is -2.36. The number of nitrogens with zero attached hydrogens (tertiary/aromatic N) is 2. The van der Waals surface area contributed by atoms with Gasteiger partial charge in [-0.25, -0.2) is 0 Å². The lowest BCUT2D eigenvalue weighted by atomic mass is 9.94. The molecule has 2 aromatic rings. The first-order chi connectivity index (χ1) is 13.2. The highest BCUT2D eigenvalue weighted by atomic mass is 16.2. The zero-order valence-electron chi connectivity index (χ0n) is 15.9. The first kappa shape index (κ1) is 18.2. The molecule has 3 aliphatic rings. The number of rotatable bonds is 5. The van der Waals surface area contributed by atoms with Crippen LogP contribution in [0.25, 0.3) is 0 Å². The predicted molar refractivity (Wildman–Crippen MR) is 108 cm³/mol. The third-order valence-corrected chi connectivity index (χ3v) is 5.98. The molecule has 142 valence electrons. The second-order valence-corrected chi connectivity index (χ2v) is 7.96. The summed E-state index contributed by atoms with van der Waals surface area (Å²) in [5.41, 5.74) is 9.11. The zero-order valence-corrected chi connectivity index (χ0v) is 15.9. The number of piperidine rings is 1. The number of hydrogen-bond donors (Lipinski definition) is 1. The van der Waals surface area contributed by atoms with Gasteiger partial charge in [0.2, 0.25) is 0 Å². The van der Waals surface area contributed by atoms with Crippen molar-refractivity contribution >= 4 is 5.91 Å². The van der Waals surface area contributed by atoms with E-state index in [1.54, 1.807) is 0 Å². The van der Waals surface area contributed by atoms with Crippen molar-refractivity contribution in [2.24, 2.45) is 11.7 Å². The number of nitrogens with two attached hydrogens (primary N) is 1. The van der Waals surface area contributed by atoms with Crippen molar-refractivity contribution in [3.63, 3.8) is 0 Å². The molecule has 2 atom stereocenters. The Morgan fingerprint density at radius 1 is 0.926 bits per heavy atom. The van der Waals surface area contributed by atoms with Gasteiger partial charge in [0.15, 0.2) is 0 Å². The molecule has 2 aromatic carbocycles. The maximum Gasteiger partial charge on any atom is 0.253 e. The molecule has 2 N–H and O–H groups in total. The zero-order chi connectivity index (χ0) is 18.6. The largest absolute Gasteiger partial charge is 0.337 e. The van der Waals surface area contributed by atoms with E-state index in [4.69, 9.17) is 5.73 Å². The van der Waals surface area contributed by atoms with Crippen molar-refractivity contribution in [1.29, 1.82) is 0 Å². The molecule has 3 fully saturated rings. The molecule has 0 aromatic heterocycles. The van der Waals surface area contributed by atoms with Crippen molar-refractivity contribution in [1.82, 2.24) is 9.80 Å². The molecule has 27 heavy (non-hydrogen) atoms. The van der Waals surface area contributed by atoms with E-state index in [1.165, 1.54) is 24.0 Å². The minimum Gasteiger partial charge on any atom is -0.337 e. The van der Waals surface area contributed by atoms with Gasteiger partial charge in [-0.3, -0.25) is 9.69 Å². The molecule has 5 rings (SSSR count). The molecule has 0 spiro atoms. The van der Waals surface area contributed by atoms with Gasteiger partial charge < -0.3 is 10.6 Å². The van der Waals surface area contributed by atoms with Crippen molar-refractivity contribution in [2.45, 2.75) is 31.8 Å². The average molecular weight is 364 g/mol. The van der Waals surface area contributed by atoms with Crippen LogP contribution in [0.3, 0.4) is 0 Å². The second-order valence-electron chi connectivity index (χ2n) is 7.96. The summed E-state index contributed by atoms with van der Waals surface area (Å²) in [6, 6.07) is 19.0. The molecule has 0 radical (unpaired) electrons. The summed E-state index contributed by atoms with van der Waals surface area (Å²) in [7, 11) is 0. The third-order valence-electron chi connectivity index (χ3n) is 5.98. The summed E-state index contributed by atoms with van der Waals surface area (Å²) in [6.45, 7) is 4.48. The minimum absolute atomic E-state index is 0.181. The summed E-state index contributed by atoms with van der Waals surface area (Å²) in [4.78, 5) is 17.6. The van der Waals surface area contributed by atoms with Crippen LogP contribution in [0.5, 0.6) is 0 Å². The smallest absolute Gasteiger partial charge is 0.253 e. The van der Waals surface area contributed by atoms with Gasteiger partial charge in [-0.05, 0) is 55.0 Å². The van der Waals surface area contributed by atoms with E-state index >= 15 is 0 Å².